The van der Waals surface area contributed by atoms with Crippen LogP contribution >= 0.6 is 20.0 Å². The molecular formula is C4H9AsS2. The average Bonchev–Trinajstić information content (AvgIpc) is 2.14. The van der Waals surface area contributed by atoms with E-state index >= 15 is 0 Å². The molecular weight excluding hydrogens is 187 g/mol. The van der Waals surface area contributed by atoms with Crippen molar-refractivity contribution in [3.05, 3.63) is 0 Å². The van der Waals surface area contributed by atoms with Crippen molar-refractivity contribution in [3.63, 3.8) is 0 Å². The summed E-state index contributed by atoms with van der Waals surface area (Å²) in [6.07, 6.45) is 0. The second kappa shape index (κ2) is 3.32. The fraction of sp³-hybridized carbons (Fsp3) is 1.00. The summed E-state index contributed by atoms with van der Waals surface area (Å²) < 4.78 is 0. The molecule has 0 aromatic heterocycles. The van der Waals surface area contributed by atoms with E-state index in [1.165, 1.54) is 16.7 Å². The van der Waals surface area contributed by atoms with Gasteiger partial charge in [0.05, 0.1) is 0 Å². The summed E-state index contributed by atoms with van der Waals surface area (Å²) >= 11 is -0.285. The molecule has 0 bridgehead atoms. The molecule has 0 aromatic rings. The topological polar surface area (TPSA) is 0 Å². The van der Waals surface area contributed by atoms with Gasteiger partial charge in [0.15, 0.2) is 0 Å². The molecule has 0 aliphatic carbocycles. The third-order valence-electron chi connectivity index (χ3n) is 0.812. The molecule has 0 radical (unpaired) electrons. The first-order chi connectivity index (χ1) is 3.43. The minimum absolute atomic E-state index is 0.285. The van der Waals surface area contributed by atoms with E-state index in [-0.39, 0.29) is 12.3 Å². The SMILES string of the molecule is CC[As]1SCCS1. The summed E-state index contributed by atoms with van der Waals surface area (Å²) in [5.41, 5.74) is 0. The van der Waals surface area contributed by atoms with Crippen molar-refractivity contribution >= 4 is 32.4 Å². The van der Waals surface area contributed by atoms with E-state index in [0.29, 0.717) is 0 Å². The second-order valence-corrected chi connectivity index (χ2v) is 14.4. The van der Waals surface area contributed by atoms with Crippen LogP contribution in [0.4, 0.5) is 0 Å². The van der Waals surface area contributed by atoms with Gasteiger partial charge < -0.3 is 0 Å². The van der Waals surface area contributed by atoms with Crippen LogP contribution in [-0.4, -0.2) is 23.8 Å². The van der Waals surface area contributed by atoms with Gasteiger partial charge in [0, 0.05) is 0 Å². The molecule has 42 valence electrons. The van der Waals surface area contributed by atoms with E-state index in [2.05, 4.69) is 27.0 Å². The van der Waals surface area contributed by atoms with Gasteiger partial charge in [-0.1, -0.05) is 0 Å². The van der Waals surface area contributed by atoms with Gasteiger partial charge in [-0.3, -0.25) is 0 Å². The fourth-order valence-electron chi connectivity index (χ4n) is 0.498. The molecule has 1 rings (SSSR count). The molecule has 0 aromatic carbocycles. The molecule has 0 N–H and O–H groups in total. The first-order valence-corrected chi connectivity index (χ1v) is 10.3. The first-order valence-electron chi connectivity index (χ1n) is 2.47. The molecule has 0 saturated carbocycles. The summed E-state index contributed by atoms with van der Waals surface area (Å²) in [5.74, 6) is 2.89. The molecule has 1 heterocycles. The third-order valence-corrected chi connectivity index (χ3v) is 15.4. The van der Waals surface area contributed by atoms with Crippen molar-refractivity contribution in [2.24, 2.45) is 0 Å². The van der Waals surface area contributed by atoms with E-state index in [1.54, 1.807) is 0 Å². The molecule has 0 amide bonds. The normalized spacial score (nSPS) is 23.6. The van der Waals surface area contributed by atoms with Crippen molar-refractivity contribution < 1.29 is 0 Å². The van der Waals surface area contributed by atoms with Gasteiger partial charge in [-0.2, -0.15) is 0 Å². The predicted molar refractivity (Wildman–Crippen MR) is 41.2 cm³/mol. The zero-order valence-corrected chi connectivity index (χ0v) is 7.89. The van der Waals surface area contributed by atoms with Gasteiger partial charge in [-0.15, -0.1) is 0 Å². The molecule has 1 fully saturated rings. The Labute approximate surface area is 56.0 Å². The van der Waals surface area contributed by atoms with Crippen molar-refractivity contribution in [1.29, 1.82) is 0 Å². The Morgan fingerprint density at radius 2 is 2.00 bits per heavy atom. The van der Waals surface area contributed by atoms with E-state index in [0.717, 1.165) is 0 Å². The first kappa shape index (κ1) is 6.38. The number of rotatable bonds is 1. The monoisotopic (exact) mass is 196 g/mol. The number of hydrogen-bond acceptors (Lipinski definition) is 2. The Bertz CT molecular complexity index is 51.7. The van der Waals surface area contributed by atoms with Gasteiger partial charge in [-0.25, -0.2) is 0 Å². The van der Waals surface area contributed by atoms with Crippen LogP contribution in [-0.2, 0) is 0 Å². The summed E-state index contributed by atoms with van der Waals surface area (Å²) in [4.78, 5) is 0. The summed E-state index contributed by atoms with van der Waals surface area (Å²) in [6, 6.07) is 0. The van der Waals surface area contributed by atoms with Gasteiger partial charge in [0.25, 0.3) is 0 Å². The molecule has 1 saturated heterocycles. The Kier molecular flexibility index (Phi) is 3.02. The Hall–Kier alpha value is 1.26. The summed E-state index contributed by atoms with van der Waals surface area (Å²) in [5, 5.41) is 1.49. The molecule has 0 nitrogen and oxygen atoms in total. The van der Waals surface area contributed by atoms with Crippen molar-refractivity contribution in [2.45, 2.75) is 12.1 Å². The maximum absolute atomic E-state index is 2.32. The summed E-state index contributed by atoms with van der Waals surface area (Å²) in [7, 11) is 4.50. The molecule has 0 atom stereocenters. The predicted octanol–water partition coefficient (Wildman–Crippen LogP) is 1.97. The zero-order valence-electron chi connectivity index (χ0n) is 4.39. The molecule has 3 heteroatoms. The van der Waals surface area contributed by atoms with Gasteiger partial charge in [-0.05, 0) is 0 Å². The van der Waals surface area contributed by atoms with Crippen LogP contribution in [0.1, 0.15) is 6.92 Å². The third kappa shape index (κ3) is 1.91. The Morgan fingerprint density at radius 3 is 2.29 bits per heavy atom. The van der Waals surface area contributed by atoms with Crippen LogP contribution in [0.2, 0.25) is 5.21 Å². The molecule has 7 heavy (non-hydrogen) atoms. The average molecular weight is 196 g/mol. The zero-order chi connectivity index (χ0) is 5.11. The molecule has 0 unspecified atom stereocenters. The van der Waals surface area contributed by atoms with Crippen LogP contribution in [0.25, 0.3) is 0 Å². The Morgan fingerprint density at radius 1 is 1.43 bits per heavy atom. The molecule has 1 aliphatic rings. The van der Waals surface area contributed by atoms with Crippen LogP contribution in [0, 0.1) is 0 Å². The second-order valence-electron chi connectivity index (χ2n) is 1.32. The molecule has 1 aliphatic heterocycles. The van der Waals surface area contributed by atoms with Gasteiger partial charge in [0.1, 0.15) is 0 Å². The quantitative estimate of drug-likeness (QED) is 0.588. The summed E-state index contributed by atoms with van der Waals surface area (Å²) in [6.45, 7) is 2.32. The standard InChI is InChI=1S/C4H9AsS2/c1-2-5-6-3-4-7-5/h2-4H2,1H3. The van der Waals surface area contributed by atoms with Crippen molar-refractivity contribution in [2.75, 3.05) is 11.5 Å². The Balaban J connectivity index is 2.14. The van der Waals surface area contributed by atoms with Crippen LogP contribution in [0.5, 0.6) is 0 Å². The van der Waals surface area contributed by atoms with Crippen LogP contribution in [0.3, 0.4) is 0 Å². The van der Waals surface area contributed by atoms with Gasteiger partial charge in [0.2, 0.25) is 0 Å². The van der Waals surface area contributed by atoms with E-state index in [4.69, 9.17) is 0 Å². The minimum atomic E-state index is -0.285. The van der Waals surface area contributed by atoms with E-state index in [1.807, 2.05) is 0 Å². The fourth-order valence-corrected chi connectivity index (χ4v) is 13.6. The van der Waals surface area contributed by atoms with E-state index in [9.17, 15) is 0 Å². The maximum atomic E-state index is 2.32. The molecule has 0 spiro atoms. The van der Waals surface area contributed by atoms with Crippen molar-refractivity contribution in [1.82, 2.24) is 0 Å². The number of hydrogen-bond donors (Lipinski definition) is 0. The van der Waals surface area contributed by atoms with Crippen LogP contribution in [0.15, 0.2) is 0 Å². The van der Waals surface area contributed by atoms with E-state index < -0.39 is 0 Å². The van der Waals surface area contributed by atoms with Crippen molar-refractivity contribution in [3.8, 4) is 0 Å². The van der Waals surface area contributed by atoms with Gasteiger partial charge >= 0.3 is 56.0 Å². The van der Waals surface area contributed by atoms with Crippen LogP contribution < -0.4 is 0 Å².